The van der Waals surface area contributed by atoms with Crippen molar-refractivity contribution < 1.29 is 14.7 Å². The molecule has 1 aliphatic carbocycles. The summed E-state index contributed by atoms with van der Waals surface area (Å²) in [6.07, 6.45) is 1.61. The molecule has 1 amide bonds. The molecule has 0 bridgehead atoms. The van der Waals surface area contributed by atoms with Crippen LogP contribution >= 0.6 is 11.6 Å². The minimum Gasteiger partial charge on any atom is -0.478 e. The third-order valence-electron chi connectivity index (χ3n) is 4.55. The van der Waals surface area contributed by atoms with Crippen LogP contribution in [0.25, 0.3) is 0 Å². The molecule has 1 aliphatic rings. The van der Waals surface area contributed by atoms with Crippen LogP contribution in [0.2, 0.25) is 5.02 Å². The fourth-order valence-electron chi connectivity index (χ4n) is 3.15. The number of carbonyl (C=O) groups excluding carboxylic acids is 1. The van der Waals surface area contributed by atoms with Crippen LogP contribution in [0.3, 0.4) is 0 Å². The Hall–Kier alpha value is -2.33. The van der Waals surface area contributed by atoms with E-state index < -0.39 is 5.97 Å². The van der Waals surface area contributed by atoms with Gasteiger partial charge in [-0.25, -0.2) is 4.79 Å². The van der Waals surface area contributed by atoms with Crippen molar-refractivity contribution in [2.45, 2.75) is 31.7 Å². The van der Waals surface area contributed by atoms with Crippen molar-refractivity contribution in [3.63, 3.8) is 0 Å². The standard InChI is InChI=1S/C19H18ClNO3/c1-11(14-4-2-3-5-16(14)20)18(22)21-17-9-8-12-6-7-13(19(23)24)10-15(12)17/h2-7,10-11,17H,8-9H2,1H3,(H,21,22)(H,23,24). The molecule has 2 N–H and O–H groups in total. The Morgan fingerprint density at radius 1 is 1.25 bits per heavy atom. The SMILES string of the molecule is CC(C(=O)NC1CCc2ccc(C(=O)O)cc21)c1ccccc1Cl. The van der Waals surface area contributed by atoms with Gasteiger partial charge in [-0.1, -0.05) is 35.9 Å². The summed E-state index contributed by atoms with van der Waals surface area (Å²) in [5.41, 5.74) is 3.02. The normalized spacial score (nSPS) is 17.2. The van der Waals surface area contributed by atoms with Gasteiger partial charge in [-0.3, -0.25) is 4.79 Å². The number of rotatable bonds is 4. The molecule has 2 aromatic carbocycles. The number of halogens is 1. The van der Waals surface area contributed by atoms with Gasteiger partial charge in [0, 0.05) is 5.02 Å². The van der Waals surface area contributed by atoms with E-state index in [0.717, 1.165) is 29.5 Å². The zero-order chi connectivity index (χ0) is 17.3. The van der Waals surface area contributed by atoms with E-state index in [9.17, 15) is 9.59 Å². The third-order valence-corrected chi connectivity index (χ3v) is 4.90. The van der Waals surface area contributed by atoms with Crippen molar-refractivity contribution in [1.29, 1.82) is 0 Å². The van der Waals surface area contributed by atoms with Crippen LogP contribution in [0.4, 0.5) is 0 Å². The summed E-state index contributed by atoms with van der Waals surface area (Å²) >= 11 is 6.17. The van der Waals surface area contributed by atoms with Gasteiger partial charge in [0.2, 0.25) is 5.91 Å². The molecule has 3 rings (SSSR count). The van der Waals surface area contributed by atoms with Crippen molar-refractivity contribution in [2.75, 3.05) is 0 Å². The molecule has 0 aliphatic heterocycles. The molecule has 124 valence electrons. The summed E-state index contributed by atoms with van der Waals surface area (Å²) in [5.74, 6) is -1.44. The van der Waals surface area contributed by atoms with E-state index in [0.29, 0.717) is 5.02 Å². The van der Waals surface area contributed by atoms with Crippen molar-refractivity contribution in [3.05, 3.63) is 69.7 Å². The molecular weight excluding hydrogens is 326 g/mol. The molecule has 0 aromatic heterocycles. The van der Waals surface area contributed by atoms with Crippen molar-refractivity contribution in [1.82, 2.24) is 5.32 Å². The lowest BCUT2D eigenvalue weighted by molar-refractivity contribution is -0.123. The number of fused-ring (bicyclic) bond motifs is 1. The fourth-order valence-corrected chi connectivity index (χ4v) is 3.45. The second-order valence-electron chi connectivity index (χ2n) is 6.06. The summed E-state index contributed by atoms with van der Waals surface area (Å²) in [6.45, 7) is 1.82. The zero-order valence-corrected chi connectivity index (χ0v) is 14.0. The summed E-state index contributed by atoms with van der Waals surface area (Å²) in [4.78, 5) is 23.8. The van der Waals surface area contributed by atoms with Gasteiger partial charge in [0.1, 0.15) is 0 Å². The Labute approximate surface area is 145 Å². The number of nitrogens with one attached hydrogen (secondary N) is 1. The predicted molar refractivity (Wildman–Crippen MR) is 92.5 cm³/mol. The number of benzene rings is 2. The molecule has 0 radical (unpaired) electrons. The van der Waals surface area contributed by atoms with E-state index in [2.05, 4.69) is 5.32 Å². The van der Waals surface area contributed by atoms with Gasteiger partial charge in [0.15, 0.2) is 0 Å². The minimum absolute atomic E-state index is 0.110. The lowest BCUT2D eigenvalue weighted by Gasteiger charge is -2.19. The molecular formula is C19H18ClNO3. The summed E-state index contributed by atoms with van der Waals surface area (Å²) in [5, 5.41) is 12.8. The maximum Gasteiger partial charge on any atom is 0.335 e. The maximum atomic E-state index is 12.6. The number of hydrogen-bond acceptors (Lipinski definition) is 2. The summed E-state index contributed by atoms with van der Waals surface area (Å²) < 4.78 is 0. The highest BCUT2D eigenvalue weighted by atomic mass is 35.5. The van der Waals surface area contributed by atoms with E-state index in [4.69, 9.17) is 16.7 Å². The number of carboxylic acid groups (broad SMARTS) is 1. The zero-order valence-electron chi connectivity index (χ0n) is 13.3. The highest BCUT2D eigenvalue weighted by molar-refractivity contribution is 6.31. The summed E-state index contributed by atoms with van der Waals surface area (Å²) in [7, 11) is 0. The molecule has 5 heteroatoms. The van der Waals surface area contributed by atoms with E-state index in [1.807, 2.05) is 31.2 Å². The quantitative estimate of drug-likeness (QED) is 0.883. The van der Waals surface area contributed by atoms with Crippen LogP contribution in [0.1, 0.15) is 52.4 Å². The number of amides is 1. The molecule has 0 saturated heterocycles. The van der Waals surface area contributed by atoms with Crippen LogP contribution in [-0.4, -0.2) is 17.0 Å². The van der Waals surface area contributed by atoms with Crippen LogP contribution in [-0.2, 0) is 11.2 Å². The van der Waals surface area contributed by atoms with E-state index in [-0.39, 0.29) is 23.4 Å². The van der Waals surface area contributed by atoms with Gasteiger partial charge in [-0.2, -0.15) is 0 Å². The maximum absolute atomic E-state index is 12.6. The lowest BCUT2D eigenvalue weighted by Crippen LogP contribution is -2.31. The molecule has 0 saturated carbocycles. The van der Waals surface area contributed by atoms with Gasteiger partial charge in [-0.15, -0.1) is 0 Å². The molecule has 24 heavy (non-hydrogen) atoms. The van der Waals surface area contributed by atoms with E-state index >= 15 is 0 Å². The van der Waals surface area contributed by atoms with Crippen LogP contribution in [0, 0.1) is 0 Å². The summed E-state index contributed by atoms with van der Waals surface area (Å²) in [6, 6.07) is 12.3. The van der Waals surface area contributed by atoms with Gasteiger partial charge >= 0.3 is 5.97 Å². The number of aryl methyl sites for hydroxylation is 1. The average molecular weight is 344 g/mol. The van der Waals surface area contributed by atoms with Gasteiger partial charge < -0.3 is 10.4 Å². The number of carboxylic acids is 1. The van der Waals surface area contributed by atoms with Gasteiger partial charge in [0.25, 0.3) is 0 Å². The average Bonchev–Trinajstić information content (AvgIpc) is 2.96. The first kappa shape index (κ1) is 16.5. The molecule has 0 spiro atoms. The molecule has 2 aromatic rings. The van der Waals surface area contributed by atoms with Gasteiger partial charge in [-0.05, 0) is 54.7 Å². The Morgan fingerprint density at radius 2 is 2.00 bits per heavy atom. The van der Waals surface area contributed by atoms with Gasteiger partial charge in [0.05, 0.1) is 17.5 Å². The van der Waals surface area contributed by atoms with E-state index in [1.54, 1.807) is 18.2 Å². The number of hydrogen-bond donors (Lipinski definition) is 2. The number of carbonyl (C=O) groups is 2. The minimum atomic E-state index is -0.959. The molecule has 0 heterocycles. The van der Waals surface area contributed by atoms with Crippen LogP contribution < -0.4 is 5.32 Å². The fraction of sp³-hybridized carbons (Fsp3) is 0.263. The van der Waals surface area contributed by atoms with Crippen molar-refractivity contribution in [2.24, 2.45) is 0 Å². The highest BCUT2D eigenvalue weighted by Crippen LogP contribution is 2.33. The molecule has 2 unspecified atom stereocenters. The smallest absolute Gasteiger partial charge is 0.335 e. The van der Waals surface area contributed by atoms with E-state index in [1.165, 1.54) is 0 Å². The number of aromatic carboxylic acids is 1. The molecule has 4 nitrogen and oxygen atoms in total. The Balaban J connectivity index is 1.79. The Kier molecular flexibility index (Phi) is 4.58. The second-order valence-corrected chi connectivity index (χ2v) is 6.47. The topological polar surface area (TPSA) is 66.4 Å². The largest absolute Gasteiger partial charge is 0.478 e. The first-order chi connectivity index (χ1) is 11.5. The first-order valence-corrected chi connectivity index (χ1v) is 8.26. The van der Waals surface area contributed by atoms with Crippen LogP contribution in [0.5, 0.6) is 0 Å². The lowest BCUT2D eigenvalue weighted by atomic mass is 9.99. The molecule has 0 fully saturated rings. The Morgan fingerprint density at radius 3 is 2.71 bits per heavy atom. The first-order valence-electron chi connectivity index (χ1n) is 7.88. The van der Waals surface area contributed by atoms with Crippen LogP contribution in [0.15, 0.2) is 42.5 Å². The van der Waals surface area contributed by atoms with Crippen molar-refractivity contribution >= 4 is 23.5 Å². The highest BCUT2D eigenvalue weighted by Gasteiger charge is 2.27. The predicted octanol–water partition coefficient (Wildman–Crippen LogP) is 3.95. The van der Waals surface area contributed by atoms with Crippen molar-refractivity contribution in [3.8, 4) is 0 Å². The third kappa shape index (κ3) is 3.15. The second kappa shape index (κ2) is 6.65. The Bertz CT molecular complexity index is 803. The molecule has 2 atom stereocenters. The monoisotopic (exact) mass is 343 g/mol.